The SMILES string of the molecule is CNc1ccc(C)cc1. The first-order valence-corrected chi connectivity index (χ1v) is 3.07. The summed E-state index contributed by atoms with van der Waals surface area (Å²) in [6.45, 7) is 2.08. The molecule has 0 heterocycles. The molecule has 0 atom stereocenters. The Morgan fingerprint density at radius 3 is 2.11 bits per heavy atom. The number of benzene rings is 1. The maximum absolute atomic E-state index is 3.05. The Morgan fingerprint density at radius 2 is 1.67 bits per heavy atom. The molecule has 1 rings (SSSR count). The highest BCUT2D eigenvalue weighted by atomic mass is 14.8. The summed E-state index contributed by atoms with van der Waals surface area (Å²) in [5.41, 5.74) is 2.47. The fraction of sp³-hybridized carbons (Fsp3) is 0.250. The third kappa shape index (κ3) is 1.46. The van der Waals surface area contributed by atoms with Gasteiger partial charge in [0.1, 0.15) is 0 Å². The number of hydrogen-bond acceptors (Lipinski definition) is 1. The number of aryl methyl sites for hydroxylation is 1. The average molecular weight is 121 g/mol. The van der Waals surface area contributed by atoms with Gasteiger partial charge in [-0.25, -0.2) is 0 Å². The van der Waals surface area contributed by atoms with Crippen LogP contribution in [-0.4, -0.2) is 7.05 Å². The highest BCUT2D eigenvalue weighted by Crippen LogP contribution is 2.06. The van der Waals surface area contributed by atoms with Crippen molar-refractivity contribution in [1.29, 1.82) is 0 Å². The predicted octanol–water partition coefficient (Wildman–Crippen LogP) is 2.04. The van der Waals surface area contributed by atoms with Gasteiger partial charge in [-0.15, -0.1) is 0 Å². The number of anilines is 1. The minimum absolute atomic E-state index is 1.17. The number of nitrogens with one attached hydrogen (secondary N) is 1. The van der Waals surface area contributed by atoms with Crippen molar-refractivity contribution in [2.45, 2.75) is 6.92 Å². The topological polar surface area (TPSA) is 12.0 Å². The second-order valence-electron chi connectivity index (χ2n) is 2.12. The first kappa shape index (κ1) is 6.14. The Kier molecular flexibility index (Phi) is 1.73. The smallest absolute Gasteiger partial charge is 0.0337 e. The maximum atomic E-state index is 3.05. The lowest BCUT2D eigenvalue weighted by Crippen LogP contribution is -1.85. The average Bonchev–Trinajstić information content (AvgIpc) is 1.90. The largest absolute Gasteiger partial charge is 0.388 e. The van der Waals surface area contributed by atoms with Gasteiger partial charge in [0.25, 0.3) is 0 Å². The molecule has 0 aliphatic carbocycles. The fourth-order valence-electron chi connectivity index (χ4n) is 0.720. The van der Waals surface area contributed by atoms with Crippen LogP contribution in [0, 0.1) is 6.92 Å². The van der Waals surface area contributed by atoms with E-state index >= 15 is 0 Å². The van der Waals surface area contributed by atoms with Crippen LogP contribution >= 0.6 is 0 Å². The van der Waals surface area contributed by atoms with Gasteiger partial charge < -0.3 is 5.32 Å². The second-order valence-corrected chi connectivity index (χ2v) is 2.12. The van der Waals surface area contributed by atoms with Gasteiger partial charge in [-0.3, -0.25) is 0 Å². The van der Waals surface area contributed by atoms with Crippen molar-refractivity contribution >= 4 is 5.69 Å². The molecule has 0 fully saturated rings. The molecule has 0 bridgehead atoms. The molecule has 0 amide bonds. The van der Waals surface area contributed by atoms with Crippen LogP contribution in [0.15, 0.2) is 24.3 Å². The van der Waals surface area contributed by atoms with Gasteiger partial charge in [-0.2, -0.15) is 0 Å². The quantitative estimate of drug-likeness (QED) is 0.599. The summed E-state index contributed by atoms with van der Waals surface area (Å²) in [5.74, 6) is 0. The van der Waals surface area contributed by atoms with Crippen LogP contribution in [0.1, 0.15) is 5.56 Å². The van der Waals surface area contributed by atoms with E-state index in [2.05, 4.69) is 36.5 Å². The Balaban J connectivity index is 2.88. The molecule has 0 aromatic heterocycles. The van der Waals surface area contributed by atoms with Gasteiger partial charge in [0.2, 0.25) is 0 Å². The molecular weight excluding hydrogens is 110 g/mol. The molecule has 0 saturated heterocycles. The Hall–Kier alpha value is -0.980. The summed E-state index contributed by atoms with van der Waals surface area (Å²) in [6.07, 6.45) is 0. The van der Waals surface area contributed by atoms with Crippen molar-refractivity contribution in [1.82, 2.24) is 0 Å². The van der Waals surface area contributed by atoms with Crippen LogP contribution < -0.4 is 5.32 Å². The van der Waals surface area contributed by atoms with E-state index in [0.29, 0.717) is 0 Å². The zero-order valence-electron chi connectivity index (χ0n) is 5.81. The molecule has 1 aromatic rings. The third-order valence-corrected chi connectivity index (χ3v) is 1.34. The van der Waals surface area contributed by atoms with E-state index in [-0.39, 0.29) is 0 Å². The van der Waals surface area contributed by atoms with Crippen molar-refractivity contribution in [2.75, 3.05) is 12.4 Å². The molecular formula is C8H11N. The molecule has 1 aromatic carbocycles. The van der Waals surface area contributed by atoms with Crippen molar-refractivity contribution in [2.24, 2.45) is 0 Å². The van der Waals surface area contributed by atoms with Gasteiger partial charge in [0, 0.05) is 12.7 Å². The van der Waals surface area contributed by atoms with Gasteiger partial charge in [0.15, 0.2) is 0 Å². The molecule has 9 heavy (non-hydrogen) atoms. The van der Waals surface area contributed by atoms with E-state index in [9.17, 15) is 0 Å². The van der Waals surface area contributed by atoms with Crippen molar-refractivity contribution in [3.63, 3.8) is 0 Å². The van der Waals surface area contributed by atoms with Crippen LogP contribution in [-0.2, 0) is 0 Å². The summed E-state index contributed by atoms with van der Waals surface area (Å²) in [7, 11) is 1.92. The maximum Gasteiger partial charge on any atom is 0.0337 e. The van der Waals surface area contributed by atoms with E-state index in [1.807, 2.05) is 7.05 Å². The van der Waals surface area contributed by atoms with E-state index in [1.54, 1.807) is 0 Å². The molecule has 0 spiro atoms. The monoisotopic (exact) mass is 121 g/mol. The summed E-state index contributed by atoms with van der Waals surface area (Å²) in [6, 6.07) is 8.31. The van der Waals surface area contributed by atoms with Gasteiger partial charge in [0.05, 0.1) is 0 Å². The Morgan fingerprint density at radius 1 is 1.11 bits per heavy atom. The lowest BCUT2D eigenvalue weighted by Gasteiger charge is -1.97. The van der Waals surface area contributed by atoms with Crippen molar-refractivity contribution in [3.05, 3.63) is 29.8 Å². The summed E-state index contributed by atoms with van der Waals surface area (Å²) < 4.78 is 0. The Bertz CT molecular complexity index is 176. The molecule has 0 radical (unpaired) electrons. The minimum atomic E-state index is 1.17. The van der Waals surface area contributed by atoms with E-state index in [1.165, 1.54) is 11.3 Å². The first-order valence-electron chi connectivity index (χ1n) is 3.07. The van der Waals surface area contributed by atoms with E-state index in [0.717, 1.165) is 0 Å². The zero-order valence-corrected chi connectivity index (χ0v) is 5.81. The molecule has 1 heteroatoms. The van der Waals surface area contributed by atoms with Crippen molar-refractivity contribution in [3.8, 4) is 0 Å². The lowest BCUT2D eigenvalue weighted by atomic mass is 10.2. The molecule has 0 aliphatic rings. The van der Waals surface area contributed by atoms with Crippen LogP contribution in [0.4, 0.5) is 5.69 Å². The second kappa shape index (κ2) is 2.53. The molecule has 0 unspecified atom stereocenters. The lowest BCUT2D eigenvalue weighted by molar-refractivity contribution is 1.44. The molecule has 1 nitrogen and oxygen atoms in total. The first-order chi connectivity index (χ1) is 4.33. The molecule has 1 N–H and O–H groups in total. The van der Waals surface area contributed by atoms with Crippen LogP contribution in [0.3, 0.4) is 0 Å². The normalized spacial score (nSPS) is 9.11. The van der Waals surface area contributed by atoms with Gasteiger partial charge in [-0.1, -0.05) is 17.7 Å². The molecule has 0 aliphatic heterocycles. The van der Waals surface area contributed by atoms with E-state index < -0.39 is 0 Å². The molecule has 0 saturated carbocycles. The summed E-state index contributed by atoms with van der Waals surface area (Å²) in [5, 5.41) is 3.05. The number of hydrogen-bond donors (Lipinski definition) is 1. The number of rotatable bonds is 1. The summed E-state index contributed by atoms with van der Waals surface area (Å²) >= 11 is 0. The van der Waals surface area contributed by atoms with Gasteiger partial charge >= 0.3 is 0 Å². The standard InChI is InChI=1S/C8H11N/c1-7-3-5-8(9-2)6-4-7/h3-6,9H,1-2H3. The summed E-state index contributed by atoms with van der Waals surface area (Å²) in [4.78, 5) is 0. The van der Waals surface area contributed by atoms with Crippen LogP contribution in [0.25, 0.3) is 0 Å². The van der Waals surface area contributed by atoms with Crippen LogP contribution in [0.5, 0.6) is 0 Å². The van der Waals surface area contributed by atoms with E-state index in [4.69, 9.17) is 0 Å². The highest BCUT2D eigenvalue weighted by Gasteiger charge is 1.83. The third-order valence-electron chi connectivity index (χ3n) is 1.34. The minimum Gasteiger partial charge on any atom is -0.388 e. The zero-order chi connectivity index (χ0) is 6.69. The fourth-order valence-corrected chi connectivity index (χ4v) is 0.720. The predicted molar refractivity (Wildman–Crippen MR) is 40.7 cm³/mol. The highest BCUT2D eigenvalue weighted by molar-refractivity contribution is 5.43. The van der Waals surface area contributed by atoms with Crippen LogP contribution in [0.2, 0.25) is 0 Å². The van der Waals surface area contributed by atoms with Crippen molar-refractivity contribution < 1.29 is 0 Å². The molecule has 48 valence electrons. The van der Waals surface area contributed by atoms with Gasteiger partial charge in [-0.05, 0) is 19.1 Å². The Labute approximate surface area is 55.7 Å².